The van der Waals surface area contributed by atoms with Crippen LogP contribution >= 0.6 is 0 Å². The molecule has 0 aliphatic heterocycles. The van der Waals surface area contributed by atoms with Gasteiger partial charge in [-0.3, -0.25) is 0 Å². The van der Waals surface area contributed by atoms with E-state index >= 15 is 0 Å². The molecule has 0 aliphatic rings. The molecule has 10 heavy (non-hydrogen) atoms. The first-order valence-electron chi connectivity index (χ1n) is 2.52. The molecular weight excluding hydrogens is 141 g/mol. The van der Waals surface area contributed by atoms with Crippen LogP contribution in [0.25, 0.3) is 0 Å². The highest BCUT2D eigenvalue weighted by Crippen LogP contribution is 2.21. The smallest absolute Gasteiger partial charge is 0.194 e. The molecule has 0 N–H and O–H groups in total. The first kappa shape index (κ1) is 9.01. The van der Waals surface area contributed by atoms with E-state index in [4.69, 9.17) is 0 Å². The quantitative estimate of drug-likeness (QED) is 0.527. The van der Waals surface area contributed by atoms with Crippen LogP contribution < -0.4 is 0 Å². The van der Waals surface area contributed by atoms with Gasteiger partial charge in [0.25, 0.3) is 0 Å². The molecule has 3 heteroatoms. The van der Waals surface area contributed by atoms with Crippen molar-refractivity contribution in [3.05, 3.63) is 36.2 Å². The molecule has 0 aromatic carbocycles. The van der Waals surface area contributed by atoms with Crippen LogP contribution in [0.5, 0.6) is 0 Å². The van der Waals surface area contributed by atoms with Gasteiger partial charge in [-0.25, -0.2) is 13.2 Å². The Morgan fingerprint density at radius 3 is 1.50 bits per heavy atom. The number of rotatable bonds is 2. The minimum absolute atomic E-state index is 0.156. The maximum Gasteiger partial charge on any atom is 0.194 e. The molecule has 0 bridgehead atoms. The lowest BCUT2D eigenvalue weighted by Crippen LogP contribution is -1.81. The van der Waals surface area contributed by atoms with Crippen molar-refractivity contribution in [3.8, 4) is 0 Å². The Morgan fingerprint density at radius 2 is 1.40 bits per heavy atom. The van der Waals surface area contributed by atoms with E-state index in [0.717, 1.165) is 0 Å². The van der Waals surface area contributed by atoms with Gasteiger partial charge in [-0.05, 0) is 12.5 Å². The maximum absolute atomic E-state index is 12.3. The zero-order chi connectivity index (χ0) is 8.31. The van der Waals surface area contributed by atoms with Crippen LogP contribution in [-0.4, -0.2) is 0 Å². The van der Waals surface area contributed by atoms with Crippen molar-refractivity contribution < 1.29 is 13.2 Å². The summed E-state index contributed by atoms with van der Waals surface area (Å²) in [4.78, 5) is 0. The summed E-state index contributed by atoms with van der Waals surface area (Å²) >= 11 is 0. The van der Waals surface area contributed by atoms with Crippen molar-refractivity contribution >= 4 is 0 Å². The number of allylic oxidation sites excluding steroid dienone is 4. The third-order valence-electron chi connectivity index (χ3n) is 0.806. The second-order valence-corrected chi connectivity index (χ2v) is 1.81. The highest BCUT2D eigenvalue weighted by molar-refractivity contribution is 5.30. The fourth-order valence-corrected chi connectivity index (χ4v) is 0.306. The van der Waals surface area contributed by atoms with Crippen LogP contribution in [-0.2, 0) is 0 Å². The molecular formula is C7H7F3. The van der Waals surface area contributed by atoms with Crippen LogP contribution in [0.2, 0.25) is 0 Å². The van der Waals surface area contributed by atoms with Crippen LogP contribution in [0.15, 0.2) is 36.2 Å². The topological polar surface area (TPSA) is 0 Å². The third kappa shape index (κ3) is 2.09. The lowest BCUT2D eigenvalue weighted by molar-refractivity contribution is 0.501. The van der Waals surface area contributed by atoms with E-state index in [1.807, 2.05) is 0 Å². The number of halogens is 3. The van der Waals surface area contributed by atoms with Gasteiger partial charge in [0.05, 0.1) is 0 Å². The van der Waals surface area contributed by atoms with E-state index in [1.54, 1.807) is 0 Å². The lowest BCUT2D eigenvalue weighted by atomic mass is 10.3. The summed E-state index contributed by atoms with van der Waals surface area (Å²) in [6.45, 7) is 6.89. The van der Waals surface area contributed by atoms with Crippen LogP contribution in [0.4, 0.5) is 13.2 Å². The summed E-state index contributed by atoms with van der Waals surface area (Å²) in [7, 11) is 0. The Bertz CT molecular complexity index is 179. The third-order valence-corrected chi connectivity index (χ3v) is 0.806. The first-order chi connectivity index (χ1) is 4.46. The van der Waals surface area contributed by atoms with E-state index in [-0.39, 0.29) is 5.57 Å². The van der Waals surface area contributed by atoms with Crippen molar-refractivity contribution in [2.75, 3.05) is 0 Å². The van der Waals surface area contributed by atoms with Crippen molar-refractivity contribution in [2.45, 2.75) is 6.92 Å². The standard InChI is InChI=1S/C7H7F3/c1-4(2)6(9)7(10)5(3)8/h1,3H2,2H3/b7-6-. The Hall–Kier alpha value is -0.990. The van der Waals surface area contributed by atoms with Gasteiger partial charge in [-0.15, -0.1) is 0 Å². The van der Waals surface area contributed by atoms with Gasteiger partial charge in [-0.1, -0.05) is 13.2 Å². The zero-order valence-electron chi connectivity index (χ0n) is 5.55. The molecule has 0 radical (unpaired) electrons. The minimum atomic E-state index is -1.58. The number of hydrogen-bond donors (Lipinski definition) is 0. The molecule has 0 nitrogen and oxygen atoms in total. The fraction of sp³-hybridized carbons (Fsp3) is 0.143. The molecule has 0 spiro atoms. The highest BCUT2D eigenvalue weighted by Gasteiger charge is 2.09. The van der Waals surface area contributed by atoms with Crippen molar-refractivity contribution in [2.24, 2.45) is 0 Å². The Balaban J connectivity index is 4.67. The molecule has 0 saturated carbocycles. The van der Waals surface area contributed by atoms with E-state index in [1.165, 1.54) is 6.92 Å². The van der Waals surface area contributed by atoms with Gasteiger partial charge in [0.1, 0.15) is 0 Å². The summed E-state index contributed by atoms with van der Waals surface area (Å²) in [6.07, 6.45) is 0. The maximum atomic E-state index is 12.3. The highest BCUT2D eigenvalue weighted by atomic mass is 19.2. The molecule has 0 amide bonds. The summed E-state index contributed by atoms with van der Waals surface area (Å²) in [5.41, 5.74) is -0.156. The van der Waals surface area contributed by atoms with Crippen molar-refractivity contribution in [1.29, 1.82) is 0 Å². The molecule has 0 aliphatic carbocycles. The van der Waals surface area contributed by atoms with E-state index < -0.39 is 17.5 Å². The monoisotopic (exact) mass is 148 g/mol. The average Bonchev–Trinajstić information content (AvgIpc) is 1.84. The second-order valence-electron chi connectivity index (χ2n) is 1.81. The molecule has 0 fully saturated rings. The number of hydrogen-bond acceptors (Lipinski definition) is 0. The predicted molar refractivity (Wildman–Crippen MR) is 34.3 cm³/mol. The largest absolute Gasteiger partial charge is 0.204 e. The Kier molecular flexibility index (Phi) is 2.93. The van der Waals surface area contributed by atoms with Gasteiger partial charge in [0, 0.05) is 0 Å². The lowest BCUT2D eigenvalue weighted by Gasteiger charge is -1.94. The van der Waals surface area contributed by atoms with Gasteiger partial charge in [-0.2, -0.15) is 0 Å². The van der Waals surface area contributed by atoms with Crippen LogP contribution in [0, 0.1) is 0 Å². The summed E-state index contributed by atoms with van der Waals surface area (Å²) < 4.78 is 36.2. The van der Waals surface area contributed by atoms with Gasteiger partial charge < -0.3 is 0 Å². The van der Waals surface area contributed by atoms with Crippen LogP contribution in [0.1, 0.15) is 6.92 Å². The summed E-state index contributed by atoms with van der Waals surface area (Å²) in [6, 6.07) is 0. The van der Waals surface area contributed by atoms with Crippen molar-refractivity contribution in [1.82, 2.24) is 0 Å². The van der Waals surface area contributed by atoms with Gasteiger partial charge in [0.15, 0.2) is 17.5 Å². The molecule has 56 valence electrons. The molecule has 0 saturated heterocycles. The molecule has 0 aromatic rings. The van der Waals surface area contributed by atoms with E-state index in [9.17, 15) is 13.2 Å². The van der Waals surface area contributed by atoms with Crippen molar-refractivity contribution in [3.63, 3.8) is 0 Å². The molecule has 0 aromatic heterocycles. The fourth-order valence-electron chi connectivity index (χ4n) is 0.306. The zero-order valence-corrected chi connectivity index (χ0v) is 5.55. The average molecular weight is 148 g/mol. The molecule has 0 heterocycles. The SMILES string of the molecule is C=C(C)/C(F)=C(/F)C(=C)F. The Labute approximate surface area is 57.4 Å². The normalized spacial score (nSPS) is 12.4. The molecule has 0 unspecified atom stereocenters. The first-order valence-corrected chi connectivity index (χ1v) is 2.52. The summed E-state index contributed by atoms with van der Waals surface area (Å²) in [5, 5.41) is 0. The van der Waals surface area contributed by atoms with Crippen LogP contribution in [0.3, 0.4) is 0 Å². The predicted octanol–water partition coefficient (Wildman–Crippen LogP) is 3.20. The molecule has 0 rings (SSSR count). The summed E-state index contributed by atoms with van der Waals surface area (Å²) in [5.74, 6) is -4.28. The van der Waals surface area contributed by atoms with E-state index in [2.05, 4.69) is 13.2 Å². The van der Waals surface area contributed by atoms with Gasteiger partial charge in [0.2, 0.25) is 0 Å². The van der Waals surface area contributed by atoms with Gasteiger partial charge >= 0.3 is 0 Å². The van der Waals surface area contributed by atoms with E-state index in [0.29, 0.717) is 0 Å². The second kappa shape index (κ2) is 3.25. The molecule has 0 atom stereocenters. The Morgan fingerprint density at radius 1 is 1.00 bits per heavy atom. The minimum Gasteiger partial charge on any atom is -0.204 e.